The van der Waals surface area contributed by atoms with Gasteiger partial charge in [0.1, 0.15) is 11.6 Å². The molecule has 0 saturated carbocycles. The highest BCUT2D eigenvalue weighted by Crippen LogP contribution is 2.25. The smallest absolute Gasteiger partial charge is 0.427 e. The molecule has 0 aromatic rings. The summed E-state index contributed by atoms with van der Waals surface area (Å²) in [5, 5.41) is 0. The highest BCUT2D eigenvalue weighted by atomic mass is 16.6. The zero-order chi connectivity index (χ0) is 14.1. The van der Waals surface area contributed by atoms with Gasteiger partial charge >= 0.3 is 18.2 Å². The predicted molar refractivity (Wildman–Crippen MR) is 62.8 cm³/mol. The largest absolute Gasteiger partial charge is 0.443 e. The monoisotopic (exact) mass is 257 g/mol. The fourth-order valence-corrected chi connectivity index (χ4v) is 1.62. The Kier molecular flexibility index (Phi) is 3.98. The Morgan fingerprint density at radius 3 is 2.44 bits per heavy atom. The summed E-state index contributed by atoms with van der Waals surface area (Å²) in [6, 6.07) is -0.891. The molecule has 0 unspecified atom stereocenters. The van der Waals surface area contributed by atoms with E-state index in [4.69, 9.17) is 4.74 Å². The molecule has 6 heteroatoms. The maximum Gasteiger partial charge on any atom is 0.427 e. The van der Waals surface area contributed by atoms with Crippen molar-refractivity contribution in [2.45, 2.75) is 52.7 Å². The minimum atomic E-state index is -0.959. The number of ether oxygens (including phenoxy) is 2. The molecule has 2 atom stereocenters. The fourth-order valence-electron chi connectivity index (χ4n) is 1.62. The van der Waals surface area contributed by atoms with E-state index in [1.165, 1.54) is 0 Å². The van der Waals surface area contributed by atoms with E-state index in [0.717, 1.165) is 4.90 Å². The molecular formula is C12H19NO5. The molecule has 102 valence electrons. The van der Waals surface area contributed by atoms with Crippen molar-refractivity contribution in [2.75, 3.05) is 0 Å². The Bertz CT molecular complexity index is 371. The maximum absolute atomic E-state index is 11.9. The SMILES string of the molecule is CC[C@H](C)[C@H]1C(=O)OC(=O)N1C(=O)OC(C)(C)C. The van der Waals surface area contributed by atoms with E-state index in [1.54, 1.807) is 27.7 Å². The molecule has 0 aliphatic carbocycles. The second-order valence-electron chi connectivity index (χ2n) is 5.37. The highest BCUT2D eigenvalue weighted by molar-refractivity contribution is 6.04. The van der Waals surface area contributed by atoms with Gasteiger partial charge in [-0.15, -0.1) is 0 Å². The lowest BCUT2D eigenvalue weighted by molar-refractivity contribution is -0.137. The number of hydrogen-bond donors (Lipinski definition) is 0. The molecule has 1 aliphatic heterocycles. The number of amides is 2. The van der Waals surface area contributed by atoms with Gasteiger partial charge in [-0.05, 0) is 26.7 Å². The second kappa shape index (κ2) is 4.96. The van der Waals surface area contributed by atoms with Crippen LogP contribution in [0.3, 0.4) is 0 Å². The Morgan fingerprint density at radius 2 is 2.00 bits per heavy atom. The van der Waals surface area contributed by atoms with Gasteiger partial charge in [-0.3, -0.25) is 0 Å². The minimum Gasteiger partial charge on any atom is -0.443 e. The summed E-state index contributed by atoms with van der Waals surface area (Å²) in [7, 11) is 0. The first-order valence-electron chi connectivity index (χ1n) is 5.95. The van der Waals surface area contributed by atoms with E-state index < -0.39 is 29.8 Å². The van der Waals surface area contributed by atoms with Crippen molar-refractivity contribution in [3.05, 3.63) is 0 Å². The summed E-state index contributed by atoms with van der Waals surface area (Å²) in [6.45, 7) is 8.71. The first kappa shape index (κ1) is 14.5. The third-order valence-corrected chi connectivity index (χ3v) is 2.68. The minimum absolute atomic E-state index is 0.170. The highest BCUT2D eigenvalue weighted by Gasteiger charge is 2.48. The van der Waals surface area contributed by atoms with Crippen LogP contribution in [0.4, 0.5) is 9.59 Å². The van der Waals surface area contributed by atoms with Gasteiger partial charge in [0.05, 0.1) is 0 Å². The van der Waals surface area contributed by atoms with Gasteiger partial charge in [0, 0.05) is 0 Å². The fraction of sp³-hybridized carbons (Fsp3) is 0.750. The van der Waals surface area contributed by atoms with Crippen LogP contribution in [0.5, 0.6) is 0 Å². The van der Waals surface area contributed by atoms with Crippen molar-refractivity contribution in [1.29, 1.82) is 0 Å². The van der Waals surface area contributed by atoms with Crippen LogP contribution in [0, 0.1) is 5.92 Å². The quantitative estimate of drug-likeness (QED) is 0.560. The number of rotatable bonds is 2. The number of imide groups is 1. The van der Waals surface area contributed by atoms with Gasteiger partial charge in [0.15, 0.2) is 0 Å². The molecule has 1 aliphatic rings. The standard InChI is InChI=1S/C12H19NO5/c1-6-7(2)8-9(14)17-10(15)13(8)11(16)18-12(3,4)5/h7-8H,6H2,1-5H3/t7-,8-/m0/s1. The third kappa shape index (κ3) is 3.00. The molecule has 2 amide bonds. The Labute approximate surface area is 106 Å². The number of nitrogens with zero attached hydrogens (tertiary/aromatic N) is 1. The second-order valence-corrected chi connectivity index (χ2v) is 5.37. The van der Waals surface area contributed by atoms with Crippen molar-refractivity contribution in [3.63, 3.8) is 0 Å². The molecule has 1 rings (SSSR count). The average Bonchev–Trinajstić information content (AvgIpc) is 2.49. The molecule has 6 nitrogen and oxygen atoms in total. The average molecular weight is 257 g/mol. The molecule has 18 heavy (non-hydrogen) atoms. The van der Waals surface area contributed by atoms with E-state index in [9.17, 15) is 14.4 Å². The number of carbonyl (C=O) groups excluding carboxylic acids is 3. The van der Waals surface area contributed by atoms with Crippen LogP contribution in [0.2, 0.25) is 0 Å². The van der Waals surface area contributed by atoms with Gasteiger partial charge in [0.2, 0.25) is 0 Å². The first-order chi connectivity index (χ1) is 8.17. The lowest BCUT2D eigenvalue weighted by Crippen LogP contribution is -2.46. The van der Waals surface area contributed by atoms with Crippen molar-refractivity contribution < 1.29 is 23.9 Å². The van der Waals surface area contributed by atoms with Crippen molar-refractivity contribution in [2.24, 2.45) is 5.92 Å². The summed E-state index contributed by atoms with van der Waals surface area (Å²) in [4.78, 5) is 35.8. The number of esters is 1. The van der Waals surface area contributed by atoms with Gasteiger partial charge in [-0.25, -0.2) is 14.4 Å². The molecule has 0 aromatic heterocycles. The van der Waals surface area contributed by atoms with E-state index in [1.807, 2.05) is 6.92 Å². The molecule has 1 fully saturated rings. The summed E-state index contributed by atoms with van der Waals surface area (Å²) < 4.78 is 9.59. The van der Waals surface area contributed by atoms with Gasteiger partial charge < -0.3 is 9.47 Å². The van der Waals surface area contributed by atoms with Crippen LogP contribution in [0.25, 0.3) is 0 Å². The maximum atomic E-state index is 11.9. The lowest BCUT2D eigenvalue weighted by Gasteiger charge is -2.26. The van der Waals surface area contributed by atoms with Gasteiger partial charge in [0.25, 0.3) is 0 Å². The Hall–Kier alpha value is -1.59. The molecule has 0 bridgehead atoms. The number of carbonyl (C=O) groups is 3. The topological polar surface area (TPSA) is 72.9 Å². The van der Waals surface area contributed by atoms with Crippen LogP contribution in [-0.2, 0) is 14.3 Å². The summed E-state index contributed by atoms with van der Waals surface area (Å²) >= 11 is 0. The van der Waals surface area contributed by atoms with Crippen molar-refractivity contribution in [3.8, 4) is 0 Å². The lowest BCUT2D eigenvalue weighted by atomic mass is 9.99. The van der Waals surface area contributed by atoms with Crippen LogP contribution >= 0.6 is 0 Å². The first-order valence-corrected chi connectivity index (χ1v) is 5.95. The molecule has 0 aromatic carbocycles. The summed E-state index contributed by atoms with van der Waals surface area (Å²) in [6.07, 6.45) is -1.16. The van der Waals surface area contributed by atoms with E-state index >= 15 is 0 Å². The number of cyclic esters (lactones) is 2. The molecule has 0 N–H and O–H groups in total. The predicted octanol–water partition coefficient (Wildman–Crippen LogP) is 2.32. The Morgan fingerprint density at radius 1 is 1.44 bits per heavy atom. The van der Waals surface area contributed by atoms with Crippen LogP contribution in [-0.4, -0.2) is 34.7 Å². The Balaban J connectivity index is 2.93. The van der Waals surface area contributed by atoms with Crippen molar-refractivity contribution >= 4 is 18.2 Å². The van der Waals surface area contributed by atoms with Gasteiger partial charge in [-0.2, -0.15) is 4.90 Å². The zero-order valence-corrected chi connectivity index (χ0v) is 11.4. The van der Waals surface area contributed by atoms with Crippen LogP contribution < -0.4 is 0 Å². The van der Waals surface area contributed by atoms with E-state index in [-0.39, 0.29) is 5.92 Å². The van der Waals surface area contributed by atoms with E-state index in [2.05, 4.69) is 4.74 Å². The third-order valence-electron chi connectivity index (χ3n) is 2.68. The van der Waals surface area contributed by atoms with Crippen LogP contribution in [0.15, 0.2) is 0 Å². The molecule has 1 saturated heterocycles. The van der Waals surface area contributed by atoms with Crippen molar-refractivity contribution in [1.82, 2.24) is 4.90 Å². The molecule has 0 spiro atoms. The van der Waals surface area contributed by atoms with Gasteiger partial charge in [-0.1, -0.05) is 20.3 Å². The summed E-state index contributed by atoms with van der Waals surface area (Å²) in [5.41, 5.74) is -0.733. The summed E-state index contributed by atoms with van der Waals surface area (Å²) in [5.74, 6) is -0.864. The molecular weight excluding hydrogens is 238 g/mol. The van der Waals surface area contributed by atoms with E-state index in [0.29, 0.717) is 6.42 Å². The molecule has 0 radical (unpaired) electrons. The normalized spacial score (nSPS) is 21.8. The number of hydrogen-bond acceptors (Lipinski definition) is 5. The zero-order valence-electron chi connectivity index (χ0n) is 11.4. The van der Waals surface area contributed by atoms with Crippen LogP contribution in [0.1, 0.15) is 41.0 Å². The molecule has 1 heterocycles.